The van der Waals surface area contributed by atoms with Crippen molar-refractivity contribution in [2.75, 3.05) is 19.6 Å². The van der Waals surface area contributed by atoms with Crippen LogP contribution in [0.15, 0.2) is 54.7 Å². The Bertz CT molecular complexity index is 1360. The highest BCUT2D eigenvalue weighted by Gasteiger charge is 2.36. The number of aliphatic hydroxyl groups is 1. The van der Waals surface area contributed by atoms with Crippen LogP contribution in [0.25, 0.3) is 0 Å². The van der Waals surface area contributed by atoms with Crippen LogP contribution in [0.2, 0.25) is 0 Å². The van der Waals surface area contributed by atoms with Crippen LogP contribution in [-0.2, 0) is 19.4 Å². The minimum atomic E-state index is -1.25. The molecule has 0 unspecified atom stereocenters. The third kappa shape index (κ3) is 8.56. The van der Waals surface area contributed by atoms with Gasteiger partial charge in [-0.25, -0.2) is 8.78 Å². The first kappa shape index (κ1) is 32.6. The molecule has 3 rings (SSSR count). The van der Waals surface area contributed by atoms with E-state index in [-0.39, 0.29) is 35.3 Å². The summed E-state index contributed by atoms with van der Waals surface area (Å²) in [6.07, 6.45) is 1.76. The number of aliphatic hydroxyl groups excluding tert-OH is 1. The first-order chi connectivity index (χ1) is 20.1. The second-order valence-electron chi connectivity index (χ2n) is 10.5. The van der Waals surface area contributed by atoms with Crippen molar-refractivity contribution in [3.63, 3.8) is 0 Å². The Hall–Kier alpha value is -3.89. The van der Waals surface area contributed by atoms with E-state index in [9.17, 15) is 28.7 Å². The molecule has 0 bridgehead atoms. The number of hydrogen-bond donors (Lipinski definition) is 3. The minimum Gasteiger partial charge on any atom is -0.618 e. The van der Waals surface area contributed by atoms with Gasteiger partial charge in [0.25, 0.3) is 11.8 Å². The maximum absolute atomic E-state index is 14.1. The van der Waals surface area contributed by atoms with Crippen molar-refractivity contribution in [2.45, 2.75) is 65.0 Å². The number of nitrogens with two attached hydrogens (primary N) is 1. The van der Waals surface area contributed by atoms with Crippen LogP contribution in [0.5, 0.6) is 0 Å². The molecule has 4 N–H and O–H groups in total. The summed E-state index contributed by atoms with van der Waals surface area (Å²) >= 11 is 0. The summed E-state index contributed by atoms with van der Waals surface area (Å²) in [5.74, 6) is -4.06. The van der Waals surface area contributed by atoms with Gasteiger partial charge in [-0.2, -0.15) is 4.73 Å². The van der Waals surface area contributed by atoms with Crippen LogP contribution in [0.3, 0.4) is 0 Å². The van der Waals surface area contributed by atoms with Gasteiger partial charge in [0.05, 0.1) is 12.0 Å². The van der Waals surface area contributed by atoms with Crippen molar-refractivity contribution in [3.05, 3.63) is 105 Å². The van der Waals surface area contributed by atoms with Gasteiger partial charge in [-0.1, -0.05) is 45.0 Å². The van der Waals surface area contributed by atoms with Gasteiger partial charge in [-0.15, -0.1) is 0 Å². The molecule has 0 saturated heterocycles. The molecule has 0 aliphatic carbocycles. The fourth-order valence-corrected chi connectivity index (χ4v) is 5.14. The van der Waals surface area contributed by atoms with Crippen molar-refractivity contribution in [1.29, 1.82) is 0 Å². The van der Waals surface area contributed by atoms with E-state index in [1.165, 1.54) is 6.07 Å². The van der Waals surface area contributed by atoms with Gasteiger partial charge >= 0.3 is 0 Å². The monoisotopic (exact) mass is 582 g/mol. The van der Waals surface area contributed by atoms with Gasteiger partial charge < -0.3 is 26.3 Å². The van der Waals surface area contributed by atoms with E-state index in [0.29, 0.717) is 37.2 Å². The maximum atomic E-state index is 14.1. The average molecular weight is 583 g/mol. The summed E-state index contributed by atoms with van der Waals surface area (Å²) in [6.45, 7) is 7.14. The van der Waals surface area contributed by atoms with Crippen molar-refractivity contribution >= 4 is 11.8 Å². The third-order valence-electron chi connectivity index (χ3n) is 7.13. The number of halogens is 2. The molecule has 2 aromatic carbocycles. The second kappa shape index (κ2) is 15.4. The van der Waals surface area contributed by atoms with Gasteiger partial charge in [0, 0.05) is 32.2 Å². The molecular weight excluding hydrogens is 542 g/mol. The molecule has 1 aromatic heterocycles. The molecular formula is C32H40F2N4O4. The van der Waals surface area contributed by atoms with Crippen molar-refractivity contribution in [3.8, 4) is 0 Å². The van der Waals surface area contributed by atoms with E-state index in [2.05, 4.69) is 12.2 Å². The van der Waals surface area contributed by atoms with Gasteiger partial charge in [-0.3, -0.25) is 9.59 Å². The molecule has 0 aliphatic heterocycles. The molecule has 0 aliphatic rings. The number of carbonyl (C=O) groups is 2. The Morgan fingerprint density at radius 2 is 1.64 bits per heavy atom. The van der Waals surface area contributed by atoms with Gasteiger partial charge in [0.1, 0.15) is 22.8 Å². The van der Waals surface area contributed by atoms with E-state index in [1.54, 1.807) is 4.90 Å². The highest BCUT2D eigenvalue weighted by molar-refractivity contribution is 5.99. The summed E-state index contributed by atoms with van der Waals surface area (Å²) in [7, 11) is 0. The third-order valence-corrected chi connectivity index (χ3v) is 7.13. The molecule has 0 saturated carbocycles. The van der Waals surface area contributed by atoms with Crippen LogP contribution in [0.1, 0.15) is 82.6 Å². The molecule has 0 spiro atoms. The molecule has 0 radical (unpaired) electrons. The number of aromatic nitrogens is 1. The number of nitrogens with one attached hydrogen (secondary N) is 1. The lowest BCUT2D eigenvalue weighted by atomic mass is 9.87. The molecule has 42 heavy (non-hydrogen) atoms. The zero-order valence-electron chi connectivity index (χ0n) is 24.4. The molecule has 8 nitrogen and oxygen atoms in total. The number of benzene rings is 2. The number of aryl methyl sites for hydroxylation is 1. The highest BCUT2D eigenvalue weighted by atomic mass is 19.1. The van der Waals surface area contributed by atoms with Gasteiger partial charge in [0.15, 0.2) is 6.20 Å². The summed E-state index contributed by atoms with van der Waals surface area (Å²) < 4.78 is 28.7. The van der Waals surface area contributed by atoms with Crippen LogP contribution in [0.4, 0.5) is 8.78 Å². The lowest BCUT2D eigenvalue weighted by molar-refractivity contribution is -0.616. The Morgan fingerprint density at radius 1 is 1.00 bits per heavy atom. The lowest BCUT2D eigenvalue weighted by Crippen LogP contribution is -2.45. The molecule has 1 heterocycles. The largest absolute Gasteiger partial charge is 0.618 e. The van der Waals surface area contributed by atoms with Crippen LogP contribution >= 0.6 is 0 Å². The number of amides is 2. The summed E-state index contributed by atoms with van der Waals surface area (Å²) in [5, 5.41) is 28.2. The molecule has 0 fully saturated rings. The van der Waals surface area contributed by atoms with Crippen LogP contribution in [0, 0.1) is 16.8 Å². The second-order valence-corrected chi connectivity index (χ2v) is 10.5. The minimum absolute atomic E-state index is 0.0116. The van der Waals surface area contributed by atoms with E-state index < -0.39 is 35.5 Å². The first-order valence-corrected chi connectivity index (χ1v) is 14.4. The van der Waals surface area contributed by atoms with Crippen molar-refractivity contribution in [1.82, 2.24) is 10.2 Å². The molecule has 226 valence electrons. The molecule has 2 amide bonds. The maximum Gasteiger partial charge on any atom is 0.260 e. The van der Waals surface area contributed by atoms with E-state index in [4.69, 9.17) is 5.73 Å². The first-order valence-electron chi connectivity index (χ1n) is 14.4. The van der Waals surface area contributed by atoms with E-state index in [1.807, 2.05) is 38.1 Å². The molecule has 2 atom stereocenters. The number of primary amides is 1. The van der Waals surface area contributed by atoms with Crippen LogP contribution in [-0.4, -0.2) is 47.6 Å². The quantitative estimate of drug-likeness (QED) is 0.185. The normalized spacial score (nSPS) is 12.6. The Balaban J connectivity index is 2.07. The number of hydrogen-bond acceptors (Lipinski definition) is 5. The number of rotatable bonds is 15. The fourth-order valence-electron chi connectivity index (χ4n) is 5.14. The Morgan fingerprint density at radius 3 is 2.24 bits per heavy atom. The summed E-state index contributed by atoms with van der Waals surface area (Å²) in [6, 6.07) is 12.2. The standard InChI is InChI=1S/C32H40F2N4O4/c1-4-10-37(11-5-2)32(41)28-16-24(31(35)40)20-38(42)30(28)27(15-23-13-25(33)17-26(34)14-23)29(39)19-36-18-22-9-7-8-21(6-3)12-22/h7-9,12-14,16-17,20,27,29,36,39H,4-6,10-11,15,18-19H2,1-3H3,(H2,35,40)/t27-,29+/m1/s1. The zero-order chi connectivity index (χ0) is 30.8. The Kier molecular flexibility index (Phi) is 11.9. The summed E-state index contributed by atoms with van der Waals surface area (Å²) in [5.41, 5.74) is 7.48. The lowest BCUT2D eigenvalue weighted by Gasteiger charge is -2.27. The highest BCUT2D eigenvalue weighted by Crippen LogP contribution is 2.28. The zero-order valence-corrected chi connectivity index (χ0v) is 24.4. The number of pyridine rings is 1. The predicted molar refractivity (Wildman–Crippen MR) is 157 cm³/mol. The van der Waals surface area contributed by atoms with Gasteiger partial charge in [0.2, 0.25) is 5.69 Å². The summed E-state index contributed by atoms with van der Waals surface area (Å²) in [4.78, 5) is 27.5. The average Bonchev–Trinajstić information content (AvgIpc) is 2.94. The van der Waals surface area contributed by atoms with Gasteiger partial charge in [-0.05, 0) is 60.6 Å². The van der Waals surface area contributed by atoms with Crippen LogP contribution < -0.4 is 15.8 Å². The smallest absolute Gasteiger partial charge is 0.260 e. The van der Waals surface area contributed by atoms with E-state index in [0.717, 1.165) is 41.9 Å². The molecule has 10 heteroatoms. The van der Waals surface area contributed by atoms with Crippen molar-refractivity contribution < 1.29 is 28.2 Å². The number of carbonyl (C=O) groups excluding carboxylic acids is 2. The Labute approximate surface area is 245 Å². The SMILES string of the molecule is CCCN(CCC)C(=O)c1cc(C(N)=O)c[n+]([O-])c1[C@H](Cc1cc(F)cc(F)c1)[C@@H](O)CNCc1cccc(CC)c1. The predicted octanol–water partition coefficient (Wildman–Crippen LogP) is 4.00. The molecule has 3 aromatic rings. The fraction of sp³-hybridized carbons (Fsp3) is 0.406. The van der Waals surface area contributed by atoms with E-state index >= 15 is 0 Å². The number of nitrogens with zero attached hydrogens (tertiary/aromatic N) is 2. The topological polar surface area (TPSA) is 123 Å². The van der Waals surface area contributed by atoms with Crippen molar-refractivity contribution in [2.24, 2.45) is 5.73 Å².